The molecule has 0 spiro atoms. The lowest BCUT2D eigenvalue weighted by atomic mass is 10.4. The minimum absolute atomic E-state index is 0.175. The van der Waals surface area contributed by atoms with Gasteiger partial charge in [0.15, 0.2) is 10.8 Å². The van der Waals surface area contributed by atoms with E-state index in [4.69, 9.17) is 5.73 Å². The van der Waals surface area contributed by atoms with Gasteiger partial charge in [-0.2, -0.15) is 13.2 Å². The summed E-state index contributed by atoms with van der Waals surface area (Å²) < 4.78 is 46.5. The van der Waals surface area contributed by atoms with Crippen molar-refractivity contribution >= 4 is 16.5 Å². The normalized spacial score (nSPS) is 14.1. The smallest absolute Gasteiger partial charge is 0.398 e. The van der Waals surface area contributed by atoms with Gasteiger partial charge >= 0.3 is 5.51 Å². The molecule has 0 aromatic carbocycles. The SMILES string of the molecule is Nc1ccncc1[S@@](=O)C(F)(F)F. The van der Waals surface area contributed by atoms with E-state index in [0.29, 0.717) is 0 Å². The molecule has 0 aliphatic rings. The van der Waals surface area contributed by atoms with Gasteiger partial charge in [0.05, 0.1) is 10.6 Å². The van der Waals surface area contributed by atoms with Gasteiger partial charge in [-0.3, -0.25) is 4.98 Å². The number of halogens is 3. The molecule has 13 heavy (non-hydrogen) atoms. The van der Waals surface area contributed by atoms with E-state index in [-0.39, 0.29) is 5.69 Å². The molecule has 3 nitrogen and oxygen atoms in total. The van der Waals surface area contributed by atoms with Crippen LogP contribution in [0.2, 0.25) is 0 Å². The molecule has 0 fully saturated rings. The second kappa shape index (κ2) is 3.33. The molecule has 0 saturated heterocycles. The second-order valence-electron chi connectivity index (χ2n) is 2.13. The molecule has 0 radical (unpaired) electrons. The molecule has 1 rings (SSSR count). The third-order valence-electron chi connectivity index (χ3n) is 1.23. The van der Waals surface area contributed by atoms with Gasteiger partial charge in [0.2, 0.25) is 0 Å². The van der Waals surface area contributed by atoms with Crippen LogP contribution in [0.25, 0.3) is 0 Å². The topological polar surface area (TPSA) is 56.0 Å². The molecule has 0 bridgehead atoms. The van der Waals surface area contributed by atoms with Gasteiger partial charge in [-0.15, -0.1) is 0 Å². The number of aromatic nitrogens is 1. The Hall–Kier alpha value is -1.11. The molecule has 1 aromatic rings. The summed E-state index contributed by atoms with van der Waals surface area (Å²) in [6.07, 6.45) is 2.07. The Bertz CT molecular complexity index is 339. The summed E-state index contributed by atoms with van der Waals surface area (Å²) in [5.41, 5.74) is 0.215. The lowest BCUT2D eigenvalue weighted by Gasteiger charge is -2.06. The highest BCUT2D eigenvalue weighted by Crippen LogP contribution is 2.28. The maximum absolute atomic E-state index is 11.9. The predicted molar refractivity (Wildman–Crippen MR) is 41.1 cm³/mol. The van der Waals surface area contributed by atoms with Crippen LogP contribution >= 0.6 is 0 Å². The third kappa shape index (κ3) is 2.18. The number of hydrogen-bond donors (Lipinski definition) is 1. The number of nitrogens with zero attached hydrogens (tertiary/aromatic N) is 1. The summed E-state index contributed by atoms with van der Waals surface area (Å²) in [6.45, 7) is 0. The van der Waals surface area contributed by atoms with Crippen molar-refractivity contribution in [2.45, 2.75) is 10.4 Å². The van der Waals surface area contributed by atoms with Crippen molar-refractivity contribution in [2.24, 2.45) is 0 Å². The van der Waals surface area contributed by atoms with E-state index >= 15 is 0 Å². The van der Waals surface area contributed by atoms with E-state index in [2.05, 4.69) is 4.98 Å². The molecular weight excluding hydrogens is 205 g/mol. The largest absolute Gasteiger partial charge is 0.475 e. The van der Waals surface area contributed by atoms with Gasteiger partial charge in [0.1, 0.15) is 0 Å². The summed E-state index contributed by atoms with van der Waals surface area (Å²) in [4.78, 5) is 2.90. The van der Waals surface area contributed by atoms with Gasteiger partial charge in [-0.25, -0.2) is 4.21 Å². The molecule has 0 aliphatic carbocycles. The van der Waals surface area contributed by atoms with Crippen LogP contribution in [0, 0.1) is 0 Å². The van der Waals surface area contributed by atoms with Crippen molar-refractivity contribution in [3.8, 4) is 0 Å². The second-order valence-corrected chi connectivity index (χ2v) is 3.57. The number of nitrogens with two attached hydrogens (primary N) is 1. The number of nitrogen functional groups attached to an aromatic ring is 1. The van der Waals surface area contributed by atoms with Crippen LogP contribution in [0.3, 0.4) is 0 Å². The minimum atomic E-state index is -4.79. The quantitative estimate of drug-likeness (QED) is 0.759. The van der Waals surface area contributed by atoms with E-state index in [9.17, 15) is 17.4 Å². The van der Waals surface area contributed by atoms with Crippen molar-refractivity contribution in [1.82, 2.24) is 4.98 Å². The summed E-state index contributed by atoms with van der Waals surface area (Å²) >= 11 is 0. The molecular formula is C6H5F3N2OS. The zero-order valence-electron chi connectivity index (χ0n) is 6.21. The zero-order chi connectivity index (χ0) is 10.1. The fraction of sp³-hybridized carbons (Fsp3) is 0.167. The molecule has 1 atom stereocenters. The number of anilines is 1. The standard InChI is InChI=1S/C6H5F3N2OS/c7-6(8,9)13(12)5-3-11-2-1-4(5)10/h1-3H,(H2,10,11)/t13-/m1/s1. The number of alkyl halides is 3. The summed E-state index contributed by atoms with van der Waals surface area (Å²) in [5, 5.41) is 0. The van der Waals surface area contributed by atoms with Crippen molar-refractivity contribution in [3.63, 3.8) is 0 Å². The van der Waals surface area contributed by atoms with Gasteiger partial charge < -0.3 is 5.73 Å². The first-order valence-electron chi connectivity index (χ1n) is 3.11. The molecule has 1 heterocycles. The highest BCUT2D eigenvalue weighted by Gasteiger charge is 2.39. The van der Waals surface area contributed by atoms with Crippen molar-refractivity contribution in [2.75, 3.05) is 5.73 Å². The van der Waals surface area contributed by atoms with Crippen LogP contribution in [0.15, 0.2) is 23.4 Å². The number of hydrogen-bond acceptors (Lipinski definition) is 3. The molecule has 72 valence electrons. The first-order valence-corrected chi connectivity index (χ1v) is 4.26. The number of rotatable bonds is 1. The Morgan fingerprint density at radius 2 is 2.08 bits per heavy atom. The monoisotopic (exact) mass is 210 g/mol. The Balaban J connectivity index is 3.10. The summed E-state index contributed by atoms with van der Waals surface area (Å²) in [7, 11) is -3.10. The average molecular weight is 210 g/mol. The number of pyridine rings is 1. The average Bonchev–Trinajstić information content (AvgIpc) is 2.02. The van der Waals surface area contributed by atoms with Crippen molar-refractivity contribution in [3.05, 3.63) is 18.5 Å². The lowest BCUT2D eigenvalue weighted by molar-refractivity contribution is -0.0384. The maximum Gasteiger partial charge on any atom is 0.475 e. The molecule has 1 aromatic heterocycles. The van der Waals surface area contributed by atoms with E-state index < -0.39 is 21.2 Å². The van der Waals surface area contributed by atoms with Gasteiger partial charge in [0, 0.05) is 12.4 Å². The Morgan fingerprint density at radius 3 is 2.54 bits per heavy atom. The van der Waals surface area contributed by atoms with Crippen LogP contribution in [-0.2, 0) is 10.8 Å². The van der Waals surface area contributed by atoms with Crippen LogP contribution in [0.5, 0.6) is 0 Å². The van der Waals surface area contributed by atoms with Crippen LogP contribution in [0.4, 0.5) is 18.9 Å². The fourth-order valence-electron chi connectivity index (χ4n) is 0.670. The highest BCUT2D eigenvalue weighted by molar-refractivity contribution is 7.86. The molecule has 0 amide bonds. The van der Waals surface area contributed by atoms with Crippen LogP contribution in [-0.4, -0.2) is 14.7 Å². The molecule has 7 heteroatoms. The Labute approximate surface area is 74.2 Å². The van der Waals surface area contributed by atoms with Crippen molar-refractivity contribution in [1.29, 1.82) is 0 Å². The van der Waals surface area contributed by atoms with Crippen LogP contribution < -0.4 is 5.73 Å². The zero-order valence-corrected chi connectivity index (χ0v) is 7.02. The van der Waals surface area contributed by atoms with Gasteiger partial charge in [-0.1, -0.05) is 0 Å². The van der Waals surface area contributed by atoms with Gasteiger partial charge in [0.25, 0.3) is 0 Å². The van der Waals surface area contributed by atoms with E-state index in [1.54, 1.807) is 0 Å². The van der Waals surface area contributed by atoms with Crippen LogP contribution in [0.1, 0.15) is 0 Å². The molecule has 0 saturated carbocycles. The first-order chi connectivity index (χ1) is 5.93. The highest BCUT2D eigenvalue weighted by atomic mass is 32.2. The summed E-state index contributed by atoms with van der Waals surface area (Å²) in [5.74, 6) is 0. The Kier molecular flexibility index (Phi) is 2.55. The lowest BCUT2D eigenvalue weighted by Crippen LogP contribution is -2.17. The third-order valence-corrected chi connectivity index (χ3v) is 2.39. The molecule has 0 unspecified atom stereocenters. The summed E-state index contributed by atoms with van der Waals surface area (Å²) in [6, 6.07) is 1.17. The van der Waals surface area contributed by atoms with Gasteiger partial charge in [-0.05, 0) is 6.07 Å². The van der Waals surface area contributed by atoms with E-state index in [1.165, 1.54) is 12.3 Å². The predicted octanol–water partition coefficient (Wildman–Crippen LogP) is 1.29. The fourth-order valence-corrected chi connectivity index (χ4v) is 1.36. The minimum Gasteiger partial charge on any atom is -0.398 e. The molecule has 0 aliphatic heterocycles. The maximum atomic E-state index is 11.9. The first kappa shape index (κ1) is 9.97. The van der Waals surface area contributed by atoms with Crippen molar-refractivity contribution < 1.29 is 17.4 Å². The van der Waals surface area contributed by atoms with E-state index in [0.717, 1.165) is 6.20 Å². The molecule has 2 N–H and O–H groups in total. The Morgan fingerprint density at radius 1 is 1.46 bits per heavy atom. The van der Waals surface area contributed by atoms with E-state index in [1.807, 2.05) is 0 Å².